The van der Waals surface area contributed by atoms with Crippen LogP contribution in [-0.4, -0.2) is 28.6 Å². The quantitative estimate of drug-likeness (QED) is 0.161. The van der Waals surface area contributed by atoms with Crippen molar-refractivity contribution in [1.82, 2.24) is 4.98 Å². The maximum Gasteiger partial charge on any atom is 0.331 e. The zero-order valence-corrected chi connectivity index (χ0v) is 23.2. The summed E-state index contributed by atoms with van der Waals surface area (Å²) in [5.41, 5.74) is 2.22. The third-order valence-corrected chi connectivity index (χ3v) is 7.07. The summed E-state index contributed by atoms with van der Waals surface area (Å²) in [5.74, 6) is -0.746. The third kappa shape index (κ3) is 8.32. The van der Waals surface area contributed by atoms with Gasteiger partial charge in [0.2, 0.25) is 0 Å². The highest BCUT2D eigenvalue weighted by molar-refractivity contribution is 7.14. The van der Waals surface area contributed by atoms with Gasteiger partial charge in [0.1, 0.15) is 5.75 Å². The number of aliphatic carboxylic acids is 1. The van der Waals surface area contributed by atoms with Crippen LogP contribution in [0.15, 0.2) is 47.4 Å². The summed E-state index contributed by atoms with van der Waals surface area (Å²) in [6, 6.07) is 10.6. The molecule has 0 radical (unpaired) electrons. The van der Waals surface area contributed by atoms with Gasteiger partial charge in [-0.25, -0.2) is 9.78 Å². The van der Waals surface area contributed by atoms with E-state index in [4.69, 9.17) is 33.0 Å². The number of para-hydroxylation sites is 1. The van der Waals surface area contributed by atoms with Crippen LogP contribution in [0.1, 0.15) is 68.3 Å². The standard InChI is InChI=1S/C28H30Cl2N2O4S/c1-3-4-5-6-7-10-13-36-25-12-9-8-11-20(25)24-17-37-28(31-24)32-26(33)19-15-22(29)21(23(30)16-19)14-18(2)27(34)35/h8-9,11-12,14-17H,3-7,10,13H2,1-2H3,(H,34,35)(H,31,32,33). The Balaban J connectivity index is 1.66. The fourth-order valence-electron chi connectivity index (χ4n) is 3.62. The number of hydrogen-bond acceptors (Lipinski definition) is 5. The summed E-state index contributed by atoms with van der Waals surface area (Å²) >= 11 is 13.9. The van der Waals surface area contributed by atoms with Gasteiger partial charge in [-0.3, -0.25) is 10.1 Å². The van der Waals surface area contributed by atoms with Gasteiger partial charge in [-0.05, 0) is 43.7 Å². The topological polar surface area (TPSA) is 88.5 Å². The molecule has 1 heterocycles. The molecule has 37 heavy (non-hydrogen) atoms. The number of carbonyl (C=O) groups excluding carboxylic acids is 1. The van der Waals surface area contributed by atoms with E-state index >= 15 is 0 Å². The Morgan fingerprint density at radius 1 is 1.08 bits per heavy atom. The molecule has 1 amide bonds. The van der Waals surface area contributed by atoms with Crippen LogP contribution in [0.3, 0.4) is 0 Å². The summed E-state index contributed by atoms with van der Waals surface area (Å²) in [7, 11) is 0. The molecule has 0 aliphatic rings. The molecule has 1 aromatic heterocycles. The largest absolute Gasteiger partial charge is 0.493 e. The number of thiazole rings is 1. The predicted octanol–water partition coefficient (Wildman–Crippen LogP) is 8.60. The van der Waals surface area contributed by atoms with Crippen molar-refractivity contribution in [1.29, 1.82) is 0 Å². The van der Waals surface area contributed by atoms with Crippen molar-refractivity contribution in [2.24, 2.45) is 0 Å². The average Bonchev–Trinajstić information content (AvgIpc) is 3.33. The van der Waals surface area contributed by atoms with E-state index < -0.39 is 11.9 Å². The van der Waals surface area contributed by atoms with E-state index in [1.54, 1.807) is 0 Å². The van der Waals surface area contributed by atoms with Crippen LogP contribution in [0.2, 0.25) is 10.0 Å². The number of hydrogen-bond donors (Lipinski definition) is 2. The molecule has 0 unspecified atom stereocenters. The Labute approximate surface area is 231 Å². The smallest absolute Gasteiger partial charge is 0.331 e. The maximum atomic E-state index is 12.8. The van der Waals surface area contributed by atoms with E-state index in [9.17, 15) is 9.59 Å². The van der Waals surface area contributed by atoms with Gasteiger partial charge >= 0.3 is 5.97 Å². The summed E-state index contributed by atoms with van der Waals surface area (Å²) in [4.78, 5) is 28.5. The summed E-state index contributed by atoms with van der Waals surface area (Å²) < 4.78 is 6.04. The summed E-state index contributed by atoms with van der Waals surface area (Å²) in [6.07, 6.45) is 8.54. The van der Waals surface area contributed by atoms with Crippen LogP contribution in [-0.2, 0) is 4.79 Å². The number of aromatic nitrogens is 1. The lowest BCUT2D eigenvalue weighted by Gasteiger charge is -2.10. The molecule has 2 N–H and O–H groups in total. The Morgan fingerprint density at radius 3 is 2.46 bits per heavy atom. The molecular formula is C28H30Cl2N2O4S. The van der Waals surface area contributed by atoms with Gasteiger partial charge in [-0.15, -0.1) is 11.3 Å². The van der Waals surface area contributed by atoms with Crippen molar-refractivity contribution < 1.29 is 19.4 Å². The predicted molar refractivity (Wildman–Crippen MR) is 152 cm³/mol. The first kappa shape index (κ1) is 28.7. The zero-order valence-electron chi connectivity index (χ0n) is 20.9. The molecule has 0 aliphatic carbocycles. The number of ether oxygens (including phenoxy) is 1. The number of anilines is 1. The van der Waals surface area contributed by atoms with E-state index in [-0.39, 0.29) is 21.2 Å². The van der Waals surface area contributed by atoms with E-state index in [0.717, 1.165) is 24.2 Å². The Bertz CT molecular complexity index is 1250. The molecule has 3 aromatic rings. The number of amides is 1. The minimum Gasteiger partial charge on any atom is -0.493 e. The molecule has 196 valence electrons. The van der Waals surface area contributed by atoms with E-state index in [0.29, 0.717) is 23.0 Å². The number of carboxylic acids is 1. The first-order valence-electron chi connectivity index (χ1n) is 12.2. The van der Waals surface area contributed by atoms with Crippen molar-refractivity contribution in [3.63, 3.8) is 0 Å². The van der Waals surface area contributed by atoms with Crippen LogP contribution in [0.5, 0.6) is 5.75 Å². The van der Waals surface area contributed by atoms with Crippen molar-refractivity contribution in [2.75, 3.05) is 11.9 Å². The van der Waals surface area contributed by atoms with Crippen LogP contribution in [0.4, 0.5) is 5.13 Å². The minimum absolute atomic E-state index is 0.0764. The van der Waals surface area contributed by atoms with E-state index in [1.807, 2.05) is 29.6 Å². The lowest BCUT2D eigenvalue weighted by molar-refractivity contribution is -0.132. The lowest BCUT2D eigenvalue weighted by atomic mass is 10.1. The number of benzene rings is 2. The summed E-state index contributed by atoms with van der Waals surface area (Å²) in [6.45, 7) is 4.30. The van der Waals surface area contributed by atoms with Gasteiger partial charge in [-0.2, -0.15) is 0 Å². The molecule has 9 heteroatoms. The molecule has 2 aromatic carbocycles. The van der Waals surface area contributed by atoms with Gasteiger partial charge in [-0.1, -0.05) is 74.4 Å². The number of carboxylic acid groups (broad SMARTS) is 1. The fourth-order valence-corrected chi connectivity index (χ4v) is 4.93. The Kier molecular flexibility index (Phi) is 11.0. The molecular weight excluding hydrogens is 531 g/mol. The zero-order chi connectivity index (χ0) is 26.8. The first-order valence-corrected chi connectivity index (χ1v) is 13.8. The Morgan fingerprint density at radius 2 is 1.76 bits per heavy atom. The summed E-state index contributed by atoms with van der Waals surface area (Å²) in [5, 5.41) is 14.5. The molecule has 0 atom stereocenters. The molecule has 0 bridgehead atoms. The normalized spacial score (nSPS) is 11.4. The second-order valence-electron chi connectivity index (χ2n) is 8.59. The van der Waals surface area contributed by atoms with Crippen molar-refractivity contribution in [3.05, 3.63) is 68.5 Å². The molecule has 0 spiro atoms. The monoisotopic (exact) mass is 560 g/mol. The van der Waals surface area contributed by atoms with Crippen LogP contribution in [0.25, 0.3) is 17.3 Å². The molecule has 0 fully saturated rings. The van der Waals surface area contributed by atoms with E-state index in [2.05, 4.69) is 17.2 Å². The Hall–Kier alpha value is -2.87. The minimum atomic E-state index is -1.08. The van der Waals surface area contributed by atoms with Crippen LogP contribution < -0.4 is 10.1 Å². The SMILES string of the molecule is CCCCCCCCOc1ccccc1-c1csc(NC(=O)c2cc(Cl)c(C=C(C)C(=O)O)c(Cl)c2)n1. The second-order valence-corrected chi connectivity index (χ2v) is 10.3. The average molecular weight is 562 g/mol. The molecule has 3 rings (SSSR count). The lowest BCUT2D eigenvalue weighted by Crippen LogP contribution is -2.12. The number of halogens is 2. The third-order valence-electron chi connectivity index (χ3n) is 5.68. The van der Waals surface area contributed by atoms with Crippen molar-refractivity contribution in [3.8, 4) is 17.0 Å². The van der Waals surface area contributed by atoms with Gasteiger partial charge in [0, 0.05) is 27.6 Å². The highest BCUT2D eigenvalue weighted by atomic mass is 35.5. The molecule has 0 saturated carbocycles. The van der Waals surface area contributed by atoms with Gasteiger partial charge < -0.3 is 9.84 Å². The van der Waals surface area contributed by atoms with Crippen molar-refractivity contribution in [2.45, 2.75) is 52.4 Å². The van der Waals surface area contributed by atoms with Crippen LogP contribution in [0, 0.1) is 0 Å². The van der Waals surface area contributed by atoms with Crippen LogP contribution >= 0.6 is 34.5 Å². The number of unbranched alkanes of at least 4 members (excludes halogenated alkanes) is 5. The number of nitrogens with one attached hydrogen (secondary N) is 1. The number of rotatable bonds is 13. The first-order chi connectivity index (χ1) is 17.8. The van der Waals surface area contributed by atoms with Gasteiger partial charge in [0.05, 0.1) is 22.3 Å². The molecule has 0 aliphatic heterocycles. The number of nitrogens with zero attached hydrogens (tertiary/aromatic N) is 1. The molecule has 6 nitrogen and oxygen atoms in total. The van der Waals surface area contributed by atoms with Crippen molar-refractivity contribution >= 4 is 57.6 Å². The number of carbonyl (C=O) groups is 2. The van der Waals surface area contributed by atoms with Gasteiger partial charge in [0.15, 0.2) is 5.13 Å². The molecule has 0 saturated heterocycles. The fraction of sp³-hybridized carbons (Fsp3) is 0.321. The maximum absolute atomic E-state index is 12.8. The highest BCUT2D eigenvalue weighted by Gasteiger charge is 2.16. The van der Waals surface area contributed by atoms with Gasteiger partial charge in [0.25, 0.3) is 5.91 Å². The highest BCUT2D eigenvalue weighted by Crippen LogP contribution is 2.33. The van der Waals surface area contributed by atoms with E-state index in [1.165, 1.54) is 62.2 Å². The second kappa shape index (κ2) is 14.2.